The van der Waals surface area contributed by atoms with Gasteiger partial charge in [0.05, 0.1) is 49.7 Å². The quantitative estimate of drug-likeness (QED) is 0.0608. The lowest BCUT2D eigenvalue weighted by Crippen LogP contribution is -2.53. The summed E-state index contributed by atoms with van der Waals surface area (Å²) in [4.78, 5) is 70.8. The fourth-order valence-electron chi connectivity index (χ4n) is 9.55. The van der Waals surface area contributed by atoms with E-state index in [1.165, 1.54) is 27.1 Å². The maximum atomic E-state index is 14.2. The zero-order valence-electron chi connectivity index (χ0n) is 37.7. The number of aromatic nitrogens is 4. The first-order valence-electron chi connectivity index (χ1n) is 22.8. The van der Waals surface area contributed by atoms with Crippen molar-refractivity contribution in [2.45, 2.75) is 96.5 Å². The van der Waals surface area contributed by atoms with Crippen LogP contribution in [0.1, 0.15) is 88.5 Å². The number of nitrogens with one attached hydrogen (secondary N) is 5. The van der Waals surface area contributed by atoms with Crippen LogP contribution < -0.4 is 20.7 Å². The second-order valence-corrected chi connectivity index (χ2v) is 17.8. The van der Waals surface area contributed by atoms with E-state index in [1.807, 2.05) is 32.2 Å². The van der Waals surface area contributed by atoms with Gasteiger partial charge in [-0.1, -0.05) is 63.8 Å². The number of benzene rings is 3. The van der Waals surface area contributed by atoms with Gasteiger partial charge in [0, 0.05) is 30.7 Å². The molecule has 16 nitrogen and oxygen atoms in total. The molecule has 0 radical (unpaired) electrons. The van der Waals surface area contributed by atoms with E-state index in [9.17, 15) is 19.2 Å². The van der Waals surface area contributed by atoms with Gasteiger partial charge in [0.15, 0.2) is 0 Å². The van der Waals surface area contributed by atoms with Crippen LogP contribution in [0.25, 0.3) is 44.2 Å². The zero-order chi connectivity index (χ0) is 45.6. The lowest BCUT2D eigenvalue weighted by atomic mass is 9.90. The molecule has 0 spiro atoms. The Kier molecular flexibility index (Phi) is 14.0. The summed E-state index contributed by atoms with van der Waals surface area (Å²) >= 11 is 0. The molecule has 3 atom stereocenters. The second kappa shape index (κ2) is 20.2. The van der Waals surface area contributed by atoms with Crippen molar-refractivity contribution in [1.29, 1.82) is 0 Å². The third-order valence-electron chi connectivity index (χ3n) is 13.1. The molecule has 3 unspecified atom stereocenters. The second-order valence-electron chi connectivity index (χ2n) is 17.8. The Morgan fingerprint density at radius 3 is 2.45 bits per heavy atom. The third-order valence-corrected chi connectivity index (χ3v) is 13.1. The fraction of sp³-hybridized carbons (Fsp3) is 0.469. The lowest BCUT2D eigenvalue weighted by Gasteiger charge is -2.33. The first-order valence-corrected chi connectivity index (χ1v) is 22.8. The number of ether oxygens (including phenoxy) is 4. The first kappa shape index (κ1) is 45.2. The summed E-state index contributed by atoms with van der Waals surface area (Å²) in [5.41, 5.74) is 6.45. The van der Waals surface area contributed by atoms with Crippen molar-refractivity contribution < 1.29 is 38.1 Å². The molecule has 4 amide bonds. The Balaban J connectivity index is 1.03. The number of imidazole rings is 2. The number of hydrogen-bond acceptors (Lipinski definition) is 10. The Morgan fingerprint density at radius 2 is 1.71 bits per heavy atom. The number of carbonyl (C=O) groups excluding carboxylic acids is 4. The van der Waals surface area contributed by atoms with Crippen LogP contribution in [0.15, 0.2) is 61.3 Å². The topological polar surface area (TPSA) is 202 Å². The largest absolute Gasteiger partial charge is 0.488 e. The van der Waals surface area contributed by atoms with Gasteiger partial charge in [-0.25, -0.2) is 19.6 Å². The van der Waals surface area contributed by atoms with E-state index in [4.69, 9.17) is 28.9 Å². The van der Waals surface area contributed by atoms with E-state index in [0.29, 0.717) is 63.2 Å². The van der Waals surface area contributed by atoms with Crippen LogP contribution in [-0.4, -0.2) is 94.9 Å². The number of fused-ring (bicyclic) bond motifs is 6. The molecule has 5 aromatic rings. The molecular formula is C49H60N8O8. The molecule has 16 heteroatoms. The van der Waals surface area contributed by atoms with Crippen molar-refractivity contribution in [3.8, 4) is 28.1 Å². The van der Waals surface area contributed by atoms with Crippen LogP contribution >= 0.6 is 0 Å². The maximum absolute atomic E-state index is 14.2. The van der Waals surface area contributed by atoms with Gasteiger partial charge in [-0.2, -0.15) is 0 Å². The van der Waals surface area contributed by atoms with Crippen molar-refractivity contribution >= 4 is 45.8 Å². The highest BCUT2D eigenvalue weighted by Gasteiger charge is 2.35. The van der Waals surface area contributed by atoms with Crippen LogP contribution in [0.5, 0.6) is 5.75 Å². The van der Waals surface area contributed by atoms with E-state index in [1.54, 1.807) is 11.0 Å². The number of carbonyl (C=O) groups is 4. The summed E-state index contributed by atoms with van der Waals surface area (Å²) in [5.74, 6) is 1.79. The molecule has 5 N–H and O–H groups in total. The standard InChI is InChI=1S/C49H60N8O8/c1-6-7-18-57(47(59)43(56-49(61)63-5)30-16-19-64-20-17-30)26-41-51-37-15-13-31-23-36-34-14-12-32(22-33(34)27-65-40(36)24-35(31)44(37)54-41)39-25-50-45(52-39)38(21-29-10-8-9-11-29)53-46(58)42(28(2)3)55-48(60)62-4/h6,12-15,22-25,28-30,38,42-43H,1,7-11,16-21,26-27H2,2-5H3,(H,50,52)(H,51,54)(H,53,58)(H,55,60)(H,56,61). The molecule has 65 heavy (non-hydrogen) atoms. The van der Waals surface area contributed by atoms with Gasteiger partial charge in [0.2, 0.25) is 11.8 Å². The van der Waals surface area contributed by atoms with Crippen LogP contribution in [0.4, 0.5) is 9.59 Å². The van der Waals surface area contributed by atoms with E-state index >= 15 is 0 Å². The molecule has 2 fully saturated rings. The SMILES string of the molecule is C=CCCN(Cc1nc2c(ccc3cc4c(cc32)OCc2cc(-c3cnc(C(CC5CCCC5)NC(=O)C(NC(=O)OC)C(C)C)[nH]3)ccc2-4)[nH]1)C(=O)C(NC(=O)OC)C1CCOCC1. The maximum Gasteiger partial charge on any atom is 0.407 e. The number of alkyl carbamates (subject to hydrolysis) is 2. The summed E-state index contributed by atoms with van der Waals surface area (Å²) in [6, 6.07) is 12.7. The van der Waals surface area contributed by atoms with Crippen molar-refractivity contribution in [2.75, 3.05) is 34.0 Å². The van der Waals surface area contributed by atoms with E-state index < -0.39 is 24.3 Å². The zero-order valence-corrected chi connectivity index (χ0v) is 37.7. The van der Waals surface area contributed by atoms with Crippen LogP contribution in [0, 0.1) is 17.8 Å². The average molecular weight is 889 g/mol. The van der Waals surface area contributed by atoms with Crippen LogP contribution in [0.2, 0.25) is 0 Å². The smallest absolute Gasteiger partial charge is 0.407 e. The highest BCUT2D eigenvalue weighted by atomic mass is 16.5. The number of methoxy groups -OCH3 is 2. The third kappa shape index (κ3) is 10.1. The van der Waals surface area contributed by atoms with E-state index in [2.05, 4.69) is 62.8 Å². The summed E-state index contributed by atoms with van der Waals surface area (Å²) in [7, 11) is 2.58. The van der Waals surface area contributed by atoms with Crippen molar-refractivity contribution in [3.05, 3.63) is 78.5 Å². The predicted octanol–water partition coefficient (Wildman–Crippen LogP) is 7.84. The lowest BCUT2D eigenvalue weighted by molar-refractivity contribution is -0.136. The number of amides is 4. The van der Waals surface area contributed by atoms with Gasteiger partial charge in [-0.15, -0.1) is 6.58 Å². The molecular weight excluding hydrogens is 829 g/mol. The van der Waals surface area contributed by atoms with Gasteiger partial charge >= 0.3 is 12.2 Å². The Morgan fingerprint density at radius 1 is 0.938 bits per heavy atom. The minimum Gasteiger partial charge on any atom is -0.488 e. The van der Waals surface area contributed by atoms with Gasteiger partial charge < -0.3 is 49.8 Å². The molecule has 2 aromatic heterocycles. The molecule has 2 aliphatic heterocycles. The Bertz CT molecular complexity index is 2540. The summed E-state index contributed by atoms with van der Waals surface area (Å²) < 4.78 is 21.7. The number of rotatable bonds is 16. The first-order chi connectivity index (χ1) is 31.5. The highest BCUT2D eigenvalue weighted by molar-refractivity contribution is 6.07. The van der Waals surface area contributed by atoms with Gasteiger partial charge in [-0.05, 0) is 89.8 Å². The number of hydrogen-bond donors (Lipinski definition) is 5. The molecule has 1 saturated carbocycles. The van der Waals surface area contributed by atoms with Crippen molar-refractivity contribution in [2.24, 2.45) is 17.8 Å². The average Bonchev–Trinajstić information content (AvgIpc) is 4.12. The van der Waals surface area contributed by atoms with Crippen LogP contribution in [0.3, 0.4) is 0 Å². The molecule has 4 heterocycles. The highest BCUT2D eigenvalue weighted by Crippen LogP contribution is 2.43. The Hall–Kier alpha value is -6.42. The summed E-state index contributed by atoms with van der Waals surface area (Å²) in [6.07, 6.45) is 9.47. The molecule has 0 bridgehead atoms. The number of aromatic amines is 2. The molecule has 3 aromatic carbocycles. The molecule has 344 valence electrons. The summed E-state index contributed by atoms with van der Waals surface area (Å²) in [5, 5.41) is 10.6. The van der Waals surface area contributed by atoms with E-state index in [-0.39, 0.29) is 36.2 Å². The van der Waals surface area contributed by atoms with Gasteiger partial charge in [0.1, 0.15) is 36.1 Å². The number of H-pyrrole nitrogens is 2. The molecule has 1 saturated heterocycles. The minimum absolute atomic E-state index is 0.0879. The summed E-state index contributed by atoms with van der Waals surface area (Å²) in [6.45, 7) is 9.67. The fourth-order valence-corrected chi connectivity index (χ4v) is 9.55. The van der Waals surface area contributed by atoms with Gasteiger partial charge in [0.25, 0.3) is 0 Å². The van der Waals surface area contributed by atoms with Crippen molar-refractivity contribution in [3.63, 3.8) is 0 Å². The van der Waals surface area contributed by atoms with Gasteiger partial charge in [-0.3, -0.25) is 9.59 Å². The number of nitrogens with zero attached hydrogens (tertiary/aromatic N) is 3. The molecule has 1 aliphatic carbocycles. The predicted molar refractivity (Wildman–Crippen MR) is 246 cm³/mol. The monoisotopic (exact) mass is 888 g/mol. The normalized spacial score (nSPS) is 16.5. The Labute approximate surface area is 378 Å². The van der Waals surface area contributed by atoms with Crippen LogP contribution in [-0.2, 0) is 37.0 Å². The van der Waals surface area contributed by atoms with Crippen molar-refractivity contribution in [1.82, 2.24) is 40.8 Å². The van der Waals surface area contributed by atoms with E-state index in [0.717, 1.165) is 74.8 Å². The molecule has 8 rings (SSSR count). The minimum atomic E-state index is -0.763. The molecule has 3 aliphatic rings.